The number of aryl methyl sites for hydroxylation is 1. The van der Waals surface area contributed by atoms with Gasteiger partial charge in [0.25, 0.3) is 11.8 Å². The number of carbonyl (C=O) groups excluding carboxylic acids is 2. The van der Waals surface area contributed by atoms with Crippen LogP contribution in [0.25, 0.3) is 0 Å². The molecule has 0 aliphatic heterocycles. The zero-order valence-corrected chi connectivity index (χ0v) is 15.5. The minimum Gasteiger partial charge on any atom is -0.481 e. The third kappa shape index (κ3) is 5.07. The summed E-state index contributed by atoms with van der Waals surface area (Å²) in [4.78, 5) is 24.3. The van der Waals surface area contributed by atoms with E-state index in [1.54, 1.807) is 38.3 Å². The summed E-state index contributed by atoms with van der Waals surface area (Å²) in [6, 6.07) is 12.6. The summed E-state index contributed by atoms with van der Waals surface area (Å²) in [5.74, 6) is -0.191. The molecule has 2 N–H and O–H groups in total. The van der Waals surface area contributed by atoms with Crippen molar-refractivity contribution in [3.63, 3.8) is 0 Å². The van der Waals surface area contributed by atoms with Crippen LogP contribution < -0.4 is 15.6 Å². The number of methoxy groups -OCH3 is 1. The lowest BCUT2D eigenvalue weighted by Gasteiger charge is -2.17. The van der Waals surface area contributed by atoms with Gasteiger partial charge in [0.15, 0.2) is 6.10 Å². The van der Waals surface area contributed by atoms with Gasteiger partial charge in [-0.3, -0.25) is 20.4 Å². The molecule has 0 aliphatic carbocycles. The van der Waals surface area contributed by atoms with Crippen LogP contribution >= 0.6 is 0 Å². The summed E-state index contributed by atoms with van der Waals surface area (Å²) in [6.07, 6.45) is -0.750. The minimum absolute atomic E-state index is 0.402. The van der Waals surface area contributed by atoms with Crippen LogP contribution in [0.1, 0.15) is 34.0 Å². The number of benzene rings is 2. The number of nitrogens with one attached hydrogen (secondary N) is 2. The maximum absolute atomic E-state index is 12.2. The average Bonchev–Trinajstić information content (AvgIpc) is 2.64. The van der Waals surface area contributed by atoms with Gasteiger partial charge in [0, 0.05) is 12.7 Å². The second-order valence-electron chi connectivity index (χ2n) is 6.03. The molecule has 1 unspecified atom stereocenters. The van der Waals surface area contributed by atoms with Crippen LogP contribution in [-0.4, -0.2) is 25.0 Å². The van der Waals surface area contributed by atoms with Crippen LogP contribution in [0.2, 0.25) is 0 Å². The summed E-state index contributed by atoms with van der Waals surface area (Å²) in [6.45, 7) is 6.02. The zero-order valence-electron chi connectivity index (χ0n) is 15.5. The molecule has 0 fully saturated rings. The van der Waals surface area contributed by atoms with Crippen molar-refractivity contribution in [2.24, 2.45) is 0 Å². The molecule has 0 radical (unpaired) electrons. The van der Waals surface area contributed by atoms with Gasteiger partial charge >= 0.3 is 0 Å². The number of hydrogen-bond acceptors (Lipinski definition) is 4. The maximum Gasteiger partial charge on any atom is 0.279 e. The molecule has 0 aliphatic rings. The van der Waals surface area contributed by atoms with E-state index in [0.717, 1.165) is 16.7 Å². The number of hydrogen-bond donors (Lipinski definition) is 2. The molecule has 2 amide bonds. The van der Waals surface area contributed by atoms with Crippen molar-refractivity contribution < 1.29 is 19.1 Å². The van der Waals surface area contributed by atoms with Crippen molar-refractivity contribution in [2.45, 2.75) is 33.5 Å². The Morgan fingerprint density at radius 3 is 2.38 bits per heavy atom. The molecule has 26 heavy (non-hydrogen) atoms. The van der Waals surface area contributed by atoms with Crippen LogP contribution in [-0.2, 0) is 16.1 Å². The van der Waals surface area contributed by atoms with Gasteiger partial charge in [0.05, 0.1) is 6.61 Å². The van der Waals surface area contributed by atoms with Crippen molar-refractivity contribution in [2.75, 3.05) is 7.11 Å². The van der Waals surface area contributed by atoms with Gasteiger partial charge in [0.2, 0.25) is 0 Å². The number of carbonyl (C=O) groups is 2. The van der Waals surface area contributed by atoms with Gasteiger partial charge in [-0.15, -0.1) is 0 Å². The van der Waals surface area contributed by atoms with E-state index in [4.69, 9.17) is 9.47 Å². The van der Waals surface area contributed by atoms with Gasteiger partial charge in [-0.2, -0.15) is 0 Å². The van der Waals surface area contributed by atoms with E-state index >= 15 is 0 Å². The largest absolute Gasteiger partial charge is 0.481 e. The highest BCUT2D eigenvalue weighted by molar-refractivity contribution is 5.95. The van der Waals surface area contributed by atoms with Crippen LogP contribution in [0.3, 0.4) is 0 Å². The fourth-order valence-electron chi connectivity index (χ4n) is 2.31. The number of hydrazine groups is 1. The fraction of sp³-hybridized carbons (Fsp3) is 0.300. The van der Waals surface area contributed by atoms with Gasteiger partial charge in [0.1, 0.15) is 5.75 Å². The monoisotopic (exact) mass is 356 g/mol. The number of amides is 2. The molecular weight excluding hydrogens is 332 g/mol. The zero-order chi connectivity index (χ0) is 19.1. The van der Waals surface area contributed by atoms with E-state index in [-0.39, 0.29) is 0 Å². The summed E-state index contributed by atoms with van der Waals surface area (Å²) < 4.78 is 10.7. The minimum atomic E-state index is -0.750. The molecule has 2 rings (SSSR count). The lowest BCUT2D eigenvalue weighted by molar-refractivity contribution is -0.128. The molecule has 6 nitrogen and oxygen atoms in total. The molecule has 0 heterocycles. The van der Waals surface area contributed by atoms with Gasteiger partial charge in [-0.05, 0) is 55.7 Å². The van der Waals surface area contributed by atoms with Crippen LogP contribution in [0.15, 0.2) is 42.5 Å². The fourth-order valence-corrected chi connectivity index (χ4v) is 2.31. The lowest BCUT2D eigenvalue weighted by atomic mass is 10.1. The number of rotatable bonds is 6. The normalized spacial score (nSPS) is 11.5. The maximum atomic E-state index is 12.2. The predicted molar refractivity (Wildman–Crippen MR) is 98.8 cm³/mol. The number of ether oxygens (including phenoxy) is 2. The highest BCUT2D eigenvalue weighted by Crippen LogP contribution is 2.21. The van der Waals surface area contributed by atoms with Crippen molar-refractivity contribution in [1.29, 1.82) is 0 Å². The topological polar surface area (TPSA) is 76.7 Å². The quantitative estimate of drug-likeness (QED) is 0.780. The Hall–Kier alpha value is -2.86. The van der Waals surface area contributed by atoms with Crippen molar-refractivity contribution in [3.05, 3.63) is 64.7 Å². The summed E-state index contributed by atoms with van der Waals surface area (Å²) in [5.41, 5.74) is 8.24. The average molecular weight is 356 g/mol. The SMILES string of the molecule is COCc1ccc(C(=O)NNC(=O)C(C)Oc2cccc(C)c2C)cc1. The molecule has 0 aromatic heterocycles. The highest BCUT2D eigenvalue weighted by Gasteiger charge is 2.17. The highest BCUT2D eigenvalue weighted by atomic mass is 16.5. The Labute approximate surface area is 153 Å². The first kappa shape index (κ1) is 19.5. The summed E-state index contributed by atoms with van der Waals surface area (Å²) in [5, 5.41) is 0. The van der Waals surface area contributed by atoms with Gasteiger partial charge in [-0.1, -0.05) is 24.3 Å². The molecule has 2 aromatic rings. The first-order valence-corrected chi connectivity index (χ1v) is 8.33. The Morgan fingerprint density at radius 2 is 1.73 bits per heavy atom. The second-order valence-corrected chi connectivity index (χ2v) is 6.03. The molecule has 6 heteroatoms. The van der Waals surface area contributed by atoms with Crippen molar-refractivity contribution >= 4 is 11.8 Å². The van der Waals surface area contributed by atoms with E-state index in [2.05, 4.69) is 10.9 Å². The Balaban J connectivity index is 1.88. The van der Waals surface area contributed by atoms with Crippen LogP contribution in [0, 0.1) is 13.8 Å². The van der Waals surface area contributed by atoms with E-state index in [9.17, 15) is 9.59 Å². The second kappa shape index (κ2) is 9.01. The first-order chi connectivity index (χ1) is 12.4. The molecular formula is C20H24N2O4. The molecule has 0 saturated heterocycles. The van der Waals surface area contributed by atoms with E-state index in [0.29, 0.717) is 17.9 Å². The van der Waals surface area contributed by atoms with E-state index < -0.39 is 17.9 Å². The molecule has 0 saturated carbocycles. The third-order valence-electron chi connectivity index (χ3n) is 4.05. The molecule has 0 spiro atoms. The molecule has 1 atom stereocenters. The molecule has 138 valence electrons. The van der Waals surface area contributed by atoms with Crippen LogP contribution in [0.4, 0.5) is 0 Å². The summed E-state index contributed by atoms with van der Waals surface area (Å²) >= 11 is 0. The third-order valence-corrected chi connectivity index (χ3v) is 4.05. The van der Waals surface area contributed by atoms with Crippen molar-refractivity contribution in [1.82, 2.24) is 10.9 Å². The Morgan fingerprint density at radius 1 is 1.04 bits per heavy atom. The summed E-state index contributed by atoms with van der Waals surface area (Å²) in [7, 11) is 1.61. The first-order valence-electron chi connectivity index (χ1n) is 8.33. The van der Waals surface area contributed by atoms with Gasteiger partial charge < -0.3 is 9.47 Å². The Bertz CT molecular complexity index is 772. The Kier molecular flexibility index (Phi) is 6.74. The van der Waals surface area contributed by atoms with Crippen LogP contribution in [0.5, 0.6) is 5.75 Å². The molecule has 0 bridgehead atoms. The lowest BCUT2D eigenvalue weighted by Crippen LogP contribution is -2.47. The van der Waals surface area contributed by atoms with E-state index in [1.165, 1.54) is 0 Å². The van der Waals surface area contributed by atoms with Crippen molar-refractivity contribution in [3.8, 4) is 5.75 Å². The smallest absolute Gasteiger partial charge is 0.279 e. The van der Waals surface area contributed by atoms with Gasteiger partial charge in [-0.25, -0.2) is 0 Å². The predicted octanol–water partition coefficient (Wildman–Crippen LogP) is 2.68. The molecule has 2 aromatic carbocycles. The van der Waals surface area contributed by atoms with E-state index in [1.807, 2.05) is 32.0 Å². The standard InChI is InChI=1S/C20H24N2O4/c1-13-6-5-7-18(14(13)2)26-15(3)19(23)21-22-20(24)17-10-8-16(9-11-17)12-25-4/h5-11,15H,12H2,1-4H3,(H,21,23)(H,22,24).